The number of H-pyrrole nitrogens is 1. The second-order valence-corrected chi connectivity index (χ2v) is 7.37. The number of phenolic OH excluding ortho intramolecular Hbond substituents is 1. The van der Waals surface area contributed by atoms with Gasteiger partial charge in [0, 0.05) is 24.8 Å². The van der Waals surface area contributed by atoms with E-state index >= 15 is 0 Å². The van der Waals surface area contributed by atoms with Gasteiger partial charge < -0.3 is 14.7 Å². The summed E-state index contributed by atoms with van der Waals surface area (Å²) in [6.45, 7) is 4.99. The molecule has 1 atom stereocenters. The van der Waals surface area contributed by atoms with E-state index < -0.39 is 0 Å². The zero-order chi connectivity index (χ0) is 20.5. The standard InChI is InChI=1S/C23H25N3O3/c1-4-15-6-8-16(9-7-15)22-19-20(17-13-14(2)5-10-18(17)27)24-25-21(19)23(28)26(22)11-12-29-3/h5-10,13,22,27H,4,11-12H2,1-3H3,(H,24,25). The molecule has 150 valence electrons. The third-order valence-corrected chi connectivity index (χ3v) is 5.51. The number of phenols is 1. The molecule has 0 bridgehead atoms. The van der Waals surface area contributed by atoms with Crippen LogP contribution >= 0.6 is 0 Å². The Labute approximate surface area is 170 Å². The number of aromatic nitrogens is 2. The number of amides is 1. The normalized spacial score (nSPS) is 15.8. The van der Waals surface area contributed by atoms with Crippen LogP contribution in [0.25, 0.3) is 11.3 Å². The van der Waals surface area contributed by atoms with Crippen molar-refractivity contribution in [1.82, 2.24) is 15.1 Å². The number of methoxy groups -OCH3 is 1. The number of carbonyl (C=O) groups is 1. The molecule has 0 saturated carbocycles. The number of aromatic amines is 1. The summed E-state index contributed by atoms with van der Waals surface area (Å²) in [5.41, 5.74) is 5.78. The number of carbonyl (C=O) groups excluding carboxylic acids is 1. The molecule has 6 heteroatoms. The van der Waals surface area contributed by atoms with Crippen LogP contribution in [-0.4, -0.2) is 46.4 Å². The topological polar surface area (TPSA) is 78.5 Å². The molecule has 3 aromatic rings. The van der Waals surface area contributed by atoms with Gasteiger partial charge in [-0.2, -0.15) is 5.10 Å². The van der Waals surface area contributed by atoms with Gasteiger partial charge in [-0.25, -0.2) is 0 Å². The lowest BCUT2D eigenvalue weighted by atomic mass is 9.94. The molecule has 0 fully saturated rings. The Morgan fingerprint density at radius 1 is 1.21 bits per heavy atom. The van der Waals surface area contributed by atoms with E-state index in [1.54, 1.807) is 13.2 Å². The maximum absolute atomic E-state index is 13.1. The number of aryl methyl sites for hydroxylation is 2. The van der Waals surface area contributed by atoms with E-state index in [1.807, 2.05) is 24.0 Å². The highest BCUT2D eigenvalue weighted by atomic mass is 16.5. The highest BCUT2D eigenvalue weighted by molar-refractivity contribution is 6.00. The Morgan fingerprint density at radius 2 is 1.97 bits per heavy atom. The van der Waals surface area contributed by atoms with Gasteiger partial charge in [-0.15, -0.1) is 0 Å². The molecular formula is C23H25N3O3. The fourth-order valence-electron chi connectivity index (χ4n) is 3.94. The van der Waals surface area contributed by atoms with Gasteiger partial charge in [-0.3, -0.25) is 9.89 Å². The molecule has 0 aliphatic carbocycles. The summed E-state index contributed by atoms with van der Waals surface area (Å²) in [7, 11) is 1.63. The van der Waals surface area contributed by atoms with Crippen molar-refractivity contribution in [1.29, 1.82) is 0 Å². The van der Waals surface area contributed by atoms with Gasteiger partial charge in [0.1, 0.15) is 17.1 Å². The molecule has 1 aromatic heterocycles. The van der Waals surface area contributed by atoms with Crippen LogP contribution in [0.4, 0.5) is 0 Å². The van der Waals surface area contributed by atoms with Crippen molar-refractivity contribution in [3.05, 3.63) is 70.4 Å². The Kier molecular flexibility index (Phi) is 5.11. The van der Waals surface area contributed by atoms with Crippen LogP contribution in [0, 0.1) is 6.92 Å². The smallest absolute Gasteiger partial charge is 0.273 e. The summed E-state index contributed by atoms with van der Waals surface area (Å²) in [5, 5.41) is 17.8. The molecule has 4 rings (SSSR count). The van der Waals surface area contributed by atoms with Crippen molar-refractivity contribution in [2.24, 2.45) is 0 Å². The first-order valence-corrected chi connectivity index (χ1v) is 9.82. The van der Waals surface area contributed by atoms with Crippen LogP contribution in [0.15, 0.2) is 42.5 Å². The Morgan fingerprint density at radius 3 is 2.66 bits per heavy atom. The van der Waals surface area contributed by atoms with E-state index in [0.717, 1.165) is 23.1 Å². The SMILES string of the molecule is CCc1ccc(C2c3c(-c4cc(C)ccc4O)n[nH]c3C(=O)N2CCOC)cc1. The Hall–Kier alpha value is -3.12. The van der Waals surface area contributed by atoms with Crippen molar-refractivity contribution >= 4 is 5.91 Å². The minimum Gasteiger partial charge on any atom is -0.507 e. The van der Waals surface area contributed by atoms with Gasteiger partial charge in [0.25, 0.3) is 5.91 Å². The molecule has 1 unspecified atom stereocenters. The molecular weight excluding hydrogens is 366 g/mol. The summed E-state index contributed by atoms with van der Waals surface area (Å²) >= 11 is 0. The highest BCUT2D eigenvalue weighted by Gasteiger charge is 2.42. The van der Waals surface area contributed by atoms with Crippen molar-refractivity contribution in [2.75, 3.05) is 20.3 Å². The number of hydrogen-bond donors (Lipinski definition) is 2. The largest absolute Gasteiger partial charge is 0.507 e. The lowest BCUT2D eigenvalue weighted by Gasteiger charge is -2.26. The Balaban J connectivity index is 1.87. The zero-order valence-corrected chi connectivity index (χ0v) is 16.9. The van der Waals surface area contributed by atoms with Crippen LogP contribution in [0.5, 0.6) is 5.75 Å². The summed E-state index contributed by atoms with van der Waals surface area (Å²) in [6.07, 6.45) is 0.955. The lowest BCUT2D eigenvalue weighted by molar-refractivity contribution is 0.0677. The molecule has 2 aromatic carbocycles. The minimum absolute atomic E-state index is 0.104. The van der Waals surface area contributed by atoms with Crippen LogP contribution in [0.1, 0.15) is 45.7 Å². The van der Waals surface area contributed by atoms with Crippen LogP contribution < -0.4 is 0 Å². The minimum atomic E-state index is -0.285. The van der Waals surface area contributed by atoms with E-state index in [9.17, 15) is 9.90 Å². The number of fused-ring (bicyclic) bond motifs is 1. The first-order valence-electron chi connectivity index (χ1n) is 9.82. The second kappa shape index (κ2) is 7.72. The molecule has 1 amide bonds. The average molecular weight is 391 g/mol. The zero-order valence-electron chi connectivity index (χ0n) is 16.9. The molecule has 2 N–H and O–H groups in total. The number of benzene rings is 2. The number of ether oxygens (including phenoxy) is 1. The quantitative estimate of drug-likeness (QED) is 0.669. The van der Waals surface area contributed by atoms with Crippen molar-refractivity contribution in [3.63, 3.8) is 0 Å². The first kappa shape index (κ1) is 19.2. The molecule has 29 heavy (non-hydrogen) atoms. The lowest BCUT2D eigenvalue weighted by Crippen LogP contribution is -2.32. The maximum atomic E-state index is 13.1. The Bertz CT molecular complexity index is 1040. The van der Waals surface area contributed by atoms with Gasteiger partial charge in [-0.05, 0) is 36.6 Å². The summed E-state index contributed by atoms with van der Waals surface area (Å²) < 4.78 is 5.24. The fourth-order valence-corrected chi connectivity index (χ4v) is 3.94. The third kappa shape index (κ3) is 3.29. The van der Waals surface area contributed by atoms with E-state index in [-0.39, 0.29) is 17.7 Å². The van der Waals surface area contributed by atoms with E-state index in [1.165, 1.54) is 5.56 Å². The second-order valence-electron chi connectivity index (χ2n) is 7.37. The highest BCUT2D eigenvalue weighted by Crippen LogP contribution is 2.44. The van der Waals surface area contributed by atoms with Crippen LogP contribution in [0.2, 0.25) is 0 Å². The first-order chi connectivity index (χ1) is 14.0. The van der Waals surface area contributed by atoms with Gasteiger partial charge in [0.15, 0.2) is 0 Å². The number of hydrogen-bond acceptors (Lipinski definition) is 4. The maximum Gasteiger partial charge on any atom is 0.273 e. The summed E-state index contributed by atoms with van der Waals surface area (Å²) in [6, 6.07) is 13.4. The summed E-state index contributed by atoms with van der Waals surface area (Å²) in [4.78, 5) is 15.0. The molecule has 1 aliphatic heterocycles. The number of rotatable bonds is 6. The number of nitrogens with zero attached hydrogens (tertiary/aromatic N) is 2. The van der Waals surface area contributed by atoms with Crippen LogP contribution in [-0.2, 0) is 11.2 Å². The van der Waals surface area contributed by atoms with Gasteiger partial charge in [0.05, 0.1) is 12.6 Å². The predicted octanol–water partition coefficient (Wildman–Crippen LogP) is 3.84. The number of nitrogens with one attached hydrogen (secondary N) is 1. The average Bonchev–Trinajstić information content (AvgIpc) is 3.27. The fraction of sp³-hybridized carbons (Fsp3) is 0.304. The van der Waals surface area contributed by atoms with Crippen molar-refractivity contribution < 1.29 is 14.6 Å². The van der Waals surface area contributed by atoms with E-state index in [2.05, 4.69) is 41.4 Å². The van der Waals surface area contributed by atoms with Crippen LogP contribution in [0.3, 0.4) is 0 Å². The molecule has 0 radical (unpaired) electrons. The van der Waals surface area contributed by atoms with Gasteiger partial charge in [-0.1, -0.05) is 42.8 Å². The van der Waals surface area contributed by atoms with Gasteiger partial charge >= 0.3 is 0 Å². The van der Waals surface area contributed by atoms with Crippen molar-refractivity contribution in [2.45, 2.75) is 26.3 Å². The van der Waals surface area contributed by atoms with Crippen molar-refractivity contribution in [3.8, 4) is 17.0 Å². The van der Waals surface area contributed by atoms with Gasteiger partial charge in [0.2, 0.25) is 0 Å². The number of aromatic hydroxyl groups is 1. The predicted molar refractivity (Wildman–Crippen MR) is 111 cm³/mol. The molecule has 2 heterocycles. The van der Waals surface area contributed by atoms with E-state index in [0.29, 0.717) is 30.1 Å². The summed E-state index contributed by atoms with van der Waals surface area (Å²) in [5.74, 6) is 0.0419. The molecule has 6 nitrogen and oxygen atoms in total. The third-order valence-electron chi connectivity index (χ3n) is 5.51. The molecule has 0 spiro atoms. The van der Waals surface area contributed by atoms with E-state index in [4.69, 9.17) is 4.74 Å². The molecule has 1 aliphatic rings. The molecule has 0 saturated heterocycles. The monoisotopic (exact) mass is 391 g/mol.